The van der Waals surface area contributed by atoms with E-state index in [9.17, 15) is 9.59 Å². The summed E-state index contributed by atoms with van der Waals surface area (Å²) in [5.41, 5.74) is 0. The van der Waals surface area contributed by atoms with Crippen LogP contribution >= 0.6 is 0 Å². The molecule has 6 nitrogen and oxygen atoms in total. The predicted octanol–water partition coefficient (Wildman–Crippen LogP) is 3.53. The summed E-state index contributed by atoms with van der Waals surface area (Å²) in [5.74, 6) is 1.09. The first kappa shape index (κ1) is 20.3. The molecule has 0 bridgehead atoms. The molecular formula is C21H26N2O4. The van der Waals surface area contributed by atoms with Crippen molar-refractivity contribution in [1.82, 2.24) is 10.6 Å². The van der Waals surface area contributed by atoms with Crippen LogP contribution in [0.3, 0.4) is 0 Å². The summed E-state index contributed by atoms with van der Waals surface area (Å²) in [6, 6.07) is 18.2. The minimum atomic E-state index is -0.438. The smallest absolute Gasteiger partial charge is 0.412 e. The minimum absolute atomic E-state index is 0.0253. The van der Waals surface area contributed by atoms with Gasteiger partial charge in [0.05, 0.1) is 0 Å². The largest absolute Gasteiger partial charge is 0.484 e. The third-order valence-electron chi connectivity index (χ3n) is 3.76. The first-order valence-corrected chi connectivity index (χ1v) is 9.19. The molecular weight excluding hydrogens is 344 g/mol. The fraction of sp³-hybridized carbons (Fsp3) is 0.333. The molecule has 0 aromatic heterocycles. The van der Waals surface area contributed by atoms with Crippen molar-refractivity contribution in [1.29, 1.82) is 0 Å². The van der Waals surface area contributed by atoms with Crippen molar-refractivity contribution in [3.05, 3.63) is 60.7 Å². The molecule has 0 heterocycles. The van der Waals surface area contributed by atoms with Gasteiger partial charge in [-0.05, 0) is 37.1 Å². The molecule has 0 unspecified atom stereocenters. The number of carbonyl (C=O) groups is 2. The van der Waals surface area contributed by atoms with Gasteiger partial charge in [-0.15, -0.1) is 0 Å². The molecule has 0 spiro atoms. The van der Waals surface area contributed by atoms with Crippen LogP contribution in [0.1, 0.15) is 25.7 Å². The van der Waals surface area contributed by atoms with E-state index in [1.807, 2.05) is 48.5 Å². The lowest BCUT2D eigenvalue weighted by atomic mass is 10.2. The lowest BCUT2D eigenvalue weighted by Crippen LogP contribution is -2.29. The second-order valence-electron chi connectivity index (χ2n) is 6.00. The second kappa shape index (κ2) is 12.4. The van der Waals surface area contributed by atoms with Crippen LogP contribution in [0, 0.1) is 0 Å². The van der Waals surface area contributed by atoms with Crippen LogP contribution in [0.5, 0.6) is 11.5 Å². The quantitative estimate of drug-likeness (QED) is 0.593. The standard InChI is InChI=1S/C21H26N2O4/c24-20(17-26-18-11-5-3-6-12-18)22-15-9-1-2-10-16-23-21(25)27-19-13-7-4-8-14-19/h3-8,11-14H,1-2,9-10,15-17H2,(H,22,24)(H,23,25). The Balaban J connectivity index is 1.41. The Morgan fingerprint density at radius 2 is 1.26 bits per heavy atom. The molecule has 0 saturated heterocycles. The number of amides is 2. The van der Waals surface area contributed by atoms with E-state index < -0.39 is 6.09 Å². The Kier molecular flexibility index (Phi) is 9.28. The van der Waals surface area contributed by atoms with E-state index >= 15 is 0 Å². The first-order chi connectivity index (χ1) is 13.2. The summed E-state index contributed by atoms with van der Waals surface area (Å²) in [7, 11) is 0. The zero-order chi connectivity index (χ0) is 19.2. The van der Waals surface area contributed by atoms with E-state index in [2.05, 4.69) is 10.6 Å². The van der Waals surface area contributed by atoms with E-state index in [-0.39, 0.29) is 12.5 Å². The van der Waals surface area contributed by atoms with E-state index in [1.165, 1.54) is 0 Å². The Bertz CT molecular complexity index is 677. The highest BCUT2D eigenvalue weighted by atomic mass is 16.6. The minimum Gasteiger partial charge on any atom is -0.484 e. The first-order valence-electron chi connectivity index (χ1n) is 9.19. The van der Waals surface area contributed by atoms with Gasteiger partial charge in [-0.1, -0.05) is 49.2 Å². The van der Waals surface area contributed by atoms with E-state index in [1.54, 1.807) is 12.1 Å². The Morgan fingerprint density at radius 1 is 0.704 bits per heavy atom. The van der Waals surface area contributed by atoms with Crippen LogP contribution in [-0.4, -0.2) is 31.7 Å². The highest BCUT2D eigenvalue weighted by Crippen LogP contribution is 2.08. The van der Waals surface area contributed by atoms with Crippen LogP contribution < -0.4 is 20.1 Å². The summed E-state index contributed by atoms with van der Waals surface area (Å²) in [6.45, 7) is 1.22. The number of carbonyl (C=O) groups excluding carboxylic acids is 2. The number of rotatable bonds is 11. The van der Waals surface area contributed by atoms with Gasteiger partial charge >= 0.3 is 6.09 Å². The van der Waals surface area contributed by atoms with Crippen LogP contribution in [0.2, 0.25) is 0 Å². The third kappa shape index (κ3) is 9.30. The number of ether oxygens (including phenoxy) is 2. The van der Waals surface area contributed by atoms with Crippen molar-refractivity contribution < 1.29 is 19.1 Å². The predicted molar refractivity (Wildman–Crippen MR) is 104 cm³/mol. The summed E-state index contributed by atoms with van der Waals surface area (Å²) in [6.07, 6.45) is 3.28. The molecule has 0 aliphatic heterocycles. The van der Waals surface area contributed by atoms with Gasteiger partial charge in [-0.3, -0.25) is 4.79 Å². The zero-order valence-electron chi connectivity index (χ0n) is 15.4. The lowest BCUT2D eigenvalue weighted by molar-refractivity contribution is -0.123. The maximum atomic E-state index is 11.7. The molecule has 2 aromatic carbocycles. The zero-order valence-corrected chi connectivity index (χ0v) is 15.4. The molecule has 0 aliphatic carbocycles. The van der Waals surface area contributed by atoms with Gasteiger partial charge in [0.2, 0.25) is 0 Å². The molecule has 0 radical (unpaired) electrons. The maximum Gasteiger partial charge on any atom is 0.412 e. The number of nitrogens with one attached hydrogen (secondary N) is 2. The molecule has 2 rings (SSSR count). The van der Waals surface area contributed by atoms with Crippen molar-refractivity contribution in [2.75, 3.05) is 19.7 Å². The highest BCUT2D eigenvalue weighted by Gasteiger charge is 2.03. The van der Waals surface area contributed by atoms with Gasteiger partial charge in [0.1, 0.15) is 11.5 Å². The SMILES string of the molecule is O=C(COc1ccccc1)NCCCCCCNC(=O)Oc1ccccc1. The van der Waals surface area contributed by atoms with Gasteiger partial charge in [0.15, 0.2) is 6.61 Å². The van der Waals surface area contributed by atoms with Gasteiger partial charge in [-0.25, -0.2) is 4.79 Å². The molecule has 0 saturated carbocycles. The molecule has 0 aliphatic rings. The van der Waals surface area contributed by atoms with Crippen LogP contribution in [0.15, 0.2) is 60.7 Å². The molecule has 0 atom stereocenters. The second-order valence-corrected chi connectivity index (χ2v) is 6.00. The van der Waals surface area contributed by atoms with Crippen LogP contribution in [-0.2, 0) is 4.79 Å². The van der Waals surface area contributed by atoms with E-state index in [0.717, 1.165) is 25.7 Å². The monoisotopic (exact) mass is 370 g/mol. The molecule has 6 heteroatoms. The van der Waals surface area contributed by atoms with E-state index in [0.29, 0.717) is 24.6 Å². The Hall–Kier alpha value is -3.02. The van der Waals surface area contributed by atoms with Gasteiger partial charge in [0, 0.05) is 13.1 Å². The average Bonchev–Trinajstić information content (AvgIpc) is 2.70. The van der Waals surface area contributed by atoms with Crippen molar-refractivity contribution in [3.63, 3.8) is 0 Å². The molecule has 2 amide bonds. The van der Waals surface area contributed by atoms with Gasteiger partial charge in [-0.2, -0.15) is 0 Å². The van der Waals surface area contributed by atoms with Crippen molar-refractivity contribution in [2.45, 2.75) is 25.7 Å². The molecule has 144 valence electrons. The van der Waals surface area contributed by atoms with Crippen molar-refractivity contribution in [3.8, 4) is 11.5 Å². The third-order valence-corrected chi connectivity index (χ3v) is 3.76. The normalized spacial score (nSPS) is 10.1. The number of hydrogen-bond acceptors (Lipinski definition) is 4. The lowest BCUT2D eigenvalue weighted by Gasteiger charge is -2.08. The van der Waals surface area contributed by atoms with Gasteiger partial charge < -0.3 is 20.1 Å². The molecule has 2 aromatic rings. The summed E-state index contributed by atoms with van der Waals surface area (Å²) >= 11 is 0. The molecule has 27 heavy (non-hydrogen) atoms. The van der Waals surface area contributed by atoms with Crippen LogP contribution in [0.4, 0.5) is 4.79 Å². The Morgan fingerprint density at radius 3 is 1.89 bits per heavy atom. The summed E-state index contributed by atoms with van der Waals surface area (Å²) in [4.78, 5) is 23.3. The highest BCUT2D eigenvalue weighted by molar-refractivity contribution is 5.77. The number of unbranched alkanes of at least 4 members (excludes halogenated alkanes) is 3. The summed E-state index contributed by atoms with van der Waals surface area (Å²) < 4.78 is 10.5. The maximum absolute atomic E-state index is 11.7. The molecule has 2 N–H and O–H groups in total. The summed E-state index contributed by atoms with van der Waals surface area (Å²) in [5, 5.41) is 5.56. The Labute approximate surface area is 159 Å². The average molecular weight is 370 g/mol. The molecule has 0 fully saturated rings. The van der Waals surface area contributed by atoms with E-state index in [4.69, 9.17) is 9.47 Å². The fourth-order valence-corrected chi connectivity index (χ4v) is 2.37. The topological polar surface area (TPSA) is 76.7 Å². The van der Waals surface area contributed by atoms with Gasteiger partial charge in [0.25, 0.3) is 5.91 Å². The fourth-order valence-electron chi connectivity index (χ4n) is 2.37. The number of hydrogen-bond donors (Lipinski definition) is 2. The van der Waals surface area contributed by atoms with Crippen molar-refractivity contribution >= 4 is 12.0 Å². The number of para-hydroxylation sites is 2. The van der Waals surface area contributed by atoms with Crippen molar-refractivity contribution in [2.24, 2.45) is 0 Å². The number of benzene rings is 2. The van der Waals surface area contributed by atoms with Crippen LogP contribution in [0.25, 0.3) is 0 Å².